The molecular formula is C22H18ClFN4. The topological polar surface area (TPSA) is 50.7 Å². The van der Waals surface area contributed by atoms with Crippen LogP contribution in [0.15, 0.2) is 60.9 Å². The van der Waals surface area contributed by atoms with Gasteiger partial charge in [-0.25, -0.2) is 4.39 Å². The average molecular weight is 393 g/mol. The third kappa shape index (κ3) is 3.53. The van der Waals surface area contributed by atoms with Gasteiger partial charge in [-0.2, -0.15) is 10.2 Å². The predicted molar refractivity (Wildman–Crippen MR) is 111 cm³/mol. The highest BCUT2D eigenvalue weighted by Crippen LogP contribution is 2.34. The highest BCUT2D eigenvalue weighted by atomic mass is 35.5. The van der Waals surface area contributed by atoms with Gasteiger partial charge in [-0.1, -0.05) is 35.9 Å². The van der Waals surface area contributed by atoms with Gasteiger partial charge in [-0.05, 0) is 43.7 Å². The number of pyridine rings is 1. The number of hydrogen-bond donors (Lipinski definition) is 1. The minimum absolute atomic E-state index is 0.281. The van der Waals surface area contributed by atoms with Gasteiger partial charge < -0.3 is 5.32 Å². The number of halogens is 2. The molecule has 0 fully saturated rings. The monoisotopic (exact) mass is 392 g/mol. The van der Waals surface area contributed by atoms with Gasteiger partial charge in [-0.15, -0.1) is 0 Å². The molecule has 0 amide bonds. The van der Waals surface area contributed by atoms with Crippen LogP contribution in [0.25, 0.3) is 22.0 Å². The Labute approximate surface area is 167 Å². The van der Waals surface area contributed by atoms with Gasteiger partial charge in [0.15, 0.2) is 0 Å². The quantitative estimate of drug-likeness (QED) is 0.465. The molecule has 1 N–H and O–H groups in total. The van der Waals surface area contributed by atoms with Crippen molar-refractivity contribution in [2.24, 2.45) is 0 Å². The molecule has 1 atom stereocenters. The Balaban J connectivity index is 1.72. The summed E-state index contributed by atoms with van der Waals surface area (Å²) in [6.45, 7) is 3.78. The maximum atomic E-state index is 14.6. The van der Waals surface area contributed by atoms with Crippen LogP contribution in [0.3, 0.4) is 0 Å². The molecule has 0 aliphatic heterocycles. The second kappa shape index (κ2) is 7.52. The largest absolute Gasteiger partial charge is 0.377 e. The Hall–Kier alpha value is -3.05. The Morgan fingerprint density at radius 1 is 1.04 bits per heavy atom. The minimum Gasteiger partial charge on any atom is -0.377 e. The normalized spacial score (nSPS) is 12.1. The summed E-state index contributed by atoms with van der Waals surface area (Å²) in [6, 6.07) is 14.4. The number of para-hydroxylation sites is 1. The van der Waals surface area contributed by atoms with E-state index in [0.29, 0.717) is 10.6 Å². The van der Waals surface area contributed by atoms with Crippen molar-refractivity contribution in [1.82, 2.24) is 15.2 Å². The molecule has 2 heterocycles. The second-order valence-corrected chi connectivity index (χ2v) is 7.09. The number of rotatable bonds is 4. The zero-order chi connectivity index (χ0) is 19.7. The molecule has 28 heavy (non-hydrogen) atoms. The summed E-state index contributed by atoms with van der Waals surface area (Å²) in [5.74, 6) is -0.281. The van der Waals surface area contributed by atoms with Crippen LogP contribution >= 0.6 is 11.6 Å². The van der Waals surface area contributed by atoms with Gasteiger partial charge in [0, 0.05) is 22.7 Å². The zero-order valence-electron chi connectivity index (χ0n) is 15.4. The van der Waals surface area contributed by atoms with Crippen LogP contribution in [0.4, 0.5) is 10.1 Å². The molecule has 4 aromatic rings. The molecule has 0 aliphatic rings. The van der Waals surface area contributed by atoms with Crippen LogP contribution in [0.1, 0.15) is 24.2 Å². The fourth-order valence-corrected chi connectivity index (χ4v) is 3.45. The molecule has 4 rings (SSSR count). The van der Waals surface area contributed by atoms with Gasteiger partial charge in [0.05, 0.1) is 34.2 Å². The van der Waals surface area contributed by atoms with Gasteiger partial charge in [0.25, 0.3) is 0 Å². The SMILES string of the molecule is Cc1cc(-c2ccc(F)c([C@@H](C)Nc3c(Cl)cnc4ccccc34)c2)cnn1. The molecular weight excluding hydrogens is 375 g/mol. The van der Waals surface area contributed by atoms with E-state index >= 15 is 0 Å². The van der Waals surface area contributed by atoms with E-state index in [2.05, 4.69) is 20.5 Å². The van der Waals surface area contributed by atoms with Crippen LogP contribution in [0.5, 0.6) is 0 Å². The Kier molecular flexibility index (Phi) is 4.92. The summed E-state index contributed by atoms with van der Waals surface area (Å²) in [6.07, 6.45) is 3.28. The Morgan fingerprint density at radius 2 is 1.86 bits per heavy atom. The number of aromatic nitrogens is 3. The summed E-state index contributed by atoms with van der Waals surface area (Å²) in [4.78, 5) is 4.34. The molecule has 0 unspecified atom stereocenters. The van der Waals surface area contributed by atoms with Gasteiger partial charge in [0.2, 0.25) is 0 Å². The molecule has 2 aromatic carbocycles. The Morgan fingerprint density at radius 3 is 2.68 bits per heavy atom. The molecule has 2 aromatic heterocycles. The molecule has 140 valence electrons. The first-order chi connectivity index (χ1) is 13.5. The van der Waals surface area contributed by atoms with E-state index in [9.17, 15) is 4.39 Å². The molecule has 6 heteroatoms. The lowest BCUT2D eigenvalue weighted by Crippen LogP contribution is -2.10. The van der Waals surface area contributed by atoms with Crippen LogP contribution in [0, 0.1) is 12.7 Å². The van der Waals surface area contributed by atoms with Crippen molar-refractivity contribution < 1.29 is 4.39 Å². The lowest BCUT2D eigenvalue weighted by atomic mass is 10.00. The Bertz CT molecular complexity index is 1160. The maximum absolute atomic E-state index is 14.6. The van der Waals surface area contributed by atoms with E-state index in [1.807, 2.05) is 50.2 Å². The van der Waals surface area contributed by atoms with E-state index < -0.39 is 0 Å². The van der Waals surface area contributed by atoms with Crippen molar-refractivity contribution in [3.8, 4) is 11.1 Å². The first kappa shape index (κ1) is 18.3. The highest BCUT2D eigenvalue weighted by molar-refractivity contribution is 6.34. The van der Waals surface area contributed by atoms with E-state index in [1.54, 1.807) is 18.5 Å². The summed E-state index contributed by atoms with van der Waals surface area (Å²) in [5, 5.41) is 12.7. The van der Waals surface area contributed by atoms with Gasteiger partial charge in [-0.3, -0.25) is 4.98 Å². The average Bonchev–Trinajstić information content (AvgIpc) is 2.70. The molecule has 0 saturated carbocycles. The summed E-state index contributed by atoms with van der Waals surface area (Å²) in [7, 11) is 0. The van der Waals surface area contributed by atoms with Crippen LogP contribution in [-0.4, -0.2) is 15.2 Å². The number of aryl methyl sites for hydroxylation is 1. The fraction of sp³-hybridized carbons (Fsp3) is 0.136. The zero-order valence-corrected chi connectivity index (χ0v) is 16.2. The third-order valence-corrected chi connectivity index (χ3v) is 4.95. The molecule has 0 aliphatic carbocycles. The first-order valence-corrected chi connectivity index (χ1v) is 9.29. The van der Waals surface area contributed by atoms with Crippen molar-refractivity contribution in [3.63, 3.8) is 0 Å². The summed E-state index contributed by atoms with van der Waals surface area (Å²) < 4.78 is 14.6. The van der Waals surface area contributed by atoms with Crippen molar-refractivity contribution in [2.75, 3.05) is 5.32 Å². The van der Waals surface area contributed by atoms with Gasteiger partial charge in [0.1, 0.15) is 5.82 Å². The van der Waals surface area contributed by atoms with Crippen molar-refractivity contribution >= 4 is 28.2 Å². The fourth-order valence-electron chi connectivity index (χ4n) is 3.24. The van der Waals surface area contributed by atoms with Crippen molar-refractivity contribution in [3.05, 3.63) is 83.0 Å². The number of anilines is 1. The van der Waals surface area contributed by atoms with E-state index in [0.717, 1.165) is 33.4 Å². The number of hydrogen-bond acceptors (Lipinski definition) is 4. The lowest BCUT2D eigenvalue weighted by molar-refractivity contribution is 0.600. The van der Waals surface area contributed by atoms with Crippen LogP contribution in [0.2, 0.25) is 5.02 Å². The smallest absolute Gasteiger partial charge is 0.128 e. The number of nitrogens with zero attached hydrogens (tertiary/aromatic N) is 3. The van der Waals surface area contributed by atoms with Crippen LogP contribution in [-0.2, 0) is 0 Å². The van der Waals surface area contributed by atoms with Crippen molar-refractivity contribution in [2.45, 2.75) is 19.9 Å². The molecule has 0 saturated heterocycles. The second-order valence-electron chi connectivity index (χ2n) is 6.69. The lowest BCUT2D eigenvalue weighted by Gasteiger charge is -2.19. The summed E-state index contributed by atoms with van der Waals surface area (Å²) >= 11 is 6.39. The van der Waals surface area contributed by atoms with Crippen molar-refractivity contribution in [1.29, 1.82) is 0 Å². The van der Waals surface area contributed by atoms with Crippen LogP contribution < -0.4 is 5.32 Å². The molecule has 0 radical (unpaired) electrons. The highest BCUT2D eigenvalue weighted by Gasteiger charge is 2.16. The van der Waals surface area contributed by atoms with E-state index in [4.69, 9.17) is 11.6 Å². The number of benzene rings is 2. The molecule has 4 nitrogen and oxygen atoms in total. The minimum atomic E-state index is -0.306. The first-order valence-electron chi connectivity index (χ1n) is 8.92. The molecule has 0 bridgehead atoms. The van der Waals surface area contributed by atoms with E-state index in [1.165, 1.54) is 6.07 Å². The van der Waals surface area contributed by atoms with E-state index in [-0.39, 0.29) is 11.9 Å². The standard InChI is InChI=1S/C22H18ClFN4/c1-13-9-16(11-26-28-13)15-7-8-20(24)18(10-15)14(2)27-22-17-5-3-4-6-21(17)25-12-19(22)23/h3-12,14H,1-2H3,(H,25,27)/t14-/m1/s1. The summed E-state index contributed by atoms with van der Waals surface area (Å²) in [5.41, 5.74) is 4.70. The maximum Gasteiger partial charge on any atom is 0.128 e. The molecule has 0 spiro atoms. The number of nitrogens with one attached hydrogen (secondary N) is 1. The predicted octanol–water partition coefficient (Wildman–Crippen LogP) is 5.97. The number of fused-ring (bicyclic) bond motifs is 1. The third-order valence-electron chi connectivity index (χ3n) is 4.66. The van der Waals surface area contributed by atoms with Gasteiger partial charge >= 0.3 is 0 Å².